The van der Waals surface area contributed by atoms with Crippen molar-refractivity contribution in [2.24, 2.45) is 0 Å². The van der Waals surface area contributed by atoms with Crippen LogP contribution >= 0.6 is 0 Å². The van der Waals surface area contributed by atoms with E-state index in [1.54, 1.807) is 67.2 Å². The molecule has 1 amide bonds. The molecule has 17 nitrogen and oxygen atoms in total. The van der Waals surface area contributed by atoms with Gasteiger partial charge in [0.2, 0.25) is 0 Å². The van der Waals surface area contributed by atoms with Crippen LogP contribution in [0.1, 0.15) is 69.2 Å². The van der Waals surface area contributed by atoms with E-state index in [1.807, 2.05) is 14.7 Å². The van der Waals surface area contributed by atoms with Gasteiger partial charge in [0, 0.05) is 59.3 Å². The topological polar surface area (TPSA) is 196 Å². The minimum atomic E-state index is -1.57. The minimum Gasteiger partial charge on any atom is -0.480 e. The van der Waals surface area contributed by atoms with E-state index in [0.717, 1.165) is 4.90 Å². The lowest BCUT2D eigenvalue weighted by Crippen LogP contribution is -2.57. The van der Waals surface area contributed by atoms with Crippen LogP contribution in [0.15, 0.2) is 0 Å². The van der Waals surface area contributed by atoms with E-state index in [2.05, 4.69) is 0 Å². The molecule has 0 aliphatic carbocycles. The molecule has 51 heavy (non-hydrogen) atoms. The van der Waals surface area contributed by atoms with Crippen LogP contribution in [0.4, 0.5) is 4.79 Å². The van der Waals surface area contributed by atoms with Crippen LogP contribution in [0.5, 0.6) is 0 Å². The Morgan fingerprint density at radius 2 is 0.922 bits per heavy atom. The van der Waals surface area contributed by atoms with Crippen molar-refractivity contribution in [1.29, 1.82) is 0 Å². The lowest BCUT2D eigenvalue weighted by atomic mass is 10.0. The zero-order valence-corrected chi connectivity index (χ0v) is 31.9. The Kier molecular flexibility index (Phi) is 15.6. The smallest absolute Gasteiger partial charge is 0.408 e. The summed E-state index contributed by atoms with van der Waals surface area (Å²) in [6.07, 6.45) is -2.57. The first-order chi connectivity index (χ1) is 23.3. The summed E-state index contributed by atoms with van der Waals surface area (Å²) in [7, 11) is 0. The maximum absolute atomic E-state index is 13.0. The van der Waals surface area contributed by atoms with E-state index in [0.29, 0.717) is 26.2 Å². The maximum atomic E-state index is 13.0. The summed E-state index contributed by atoms with van der Waals surface area (Å²) in [6.45, 7) is 18.3. The average Bonchev–Trinajstić information content (AvgIpc) is 3.29. The number of amides is 1. The number of carboxylic acids is 1. The number of nitrogens with zero attached hydrogens (tertiary/aromatic N) is 5. The fourth-order valence-electron chi connectivity index (χ4n) is 6.03. The number of rotatable bonds is 9. The average molecular weight is 730 g/mol. The van der Waals surface area contributed by atoms with Crippen LogP contribution in [-0.4, -0.2) is 184 Å². The summed E-state index contributed by atoms with van der Waals surface area (Å²) in [6, 6.07) is -2.65. The third kappa shape index (κ3) is 16.1. The summed E-state index contributed by atoms with van der Waals surface area (Å²) >= 11 is 0. The van der Waals surface area contributed by atoms with Gasteiger partial charge in [-0.2, -0.15) is 0 Å². The van der Waals surface area contributed by atoms with Crippen LogP contribution in [0.2, 0.25) is 0 Å². The number of carboxylic acid groups (broad SMARTS) is 2. The molecule has 0 aromatic heterocycles. The molecule has 3 atom stereocenters. The van der Waals surface area contributed by atoms with E-state index in [9.17, 15) is 39.0 Å². The molecule has 17 heteroatoms. The molecule has 2 aliphatic rings. The highest BCUT2D eigenvalue weighted by Gasteiger charge is 2.52. The summed E-state index contributed by atoms with van der Waals surface area (Å²) in [5, 5.41) is 20.2. The molecule has 2 heterocycles. The third-order valence-electron chi connectivity index (χ3n) is 7.84. The molecule has 0 radical (unpaired) electrons. The first kappa shape index (κ1) is 43.6. The van der Waals surface area contributed by atoms with Gasteiger partial charge in [0.1, 0.15) is 22.9 Å². The highest BCUT2D eigenvalue weighted by molar-refractivity contribution is 5.81. The molecule has 0 saturated carbocycles. The number of ether oxygens (including phenoxy) is 4. The van der Waals surface area contributed by atoms with Gasteiger partial charge in [-0.15, -0.1) is 0 Å². The second-order valence-electron chi connectivity index (χ2n) is 16.0. The Labute approximate surface area is 301 Å². The van der Waals surface area contributed by atoms with Crippen LogP contribution < -0.4 is 0 Å². The van der Waals surface area contributed by atoms with Gasteiger partial charge >= 0.3 is 35.9 Å². The first-order valence-electron chi connectivity index (χ1n) is 17.3. The van der Waals surface area contributed by atoms with Crippen molar-refractivity contribution in [1.82, 2.24) is 24.5 Å². The standard InChI is InChI=1S/C34H59N5O12/c1-23(40)48-24-19-39(31(46)47)29(30(44)45)28(24)38-17-15-36(21-26(42)50-33(5,6)7)13-11-35(20-25(41)49-32(2,3)4)12-14-37(16-18-38)22-27(43)51-34(8,9)10/h24,28-29H,11-22H2,1-10H3,(H,44,45)(H,46,47)/t24-,28+,29-/m0/s1. The lowest BCUT2D eigenvalue weighted by Gasteiger charge is -2.38. The number of hydrogen-bond donors (Lipinski definition) is 2. The van der Waals surface area contributed by atoms with Crippen LogP contribution in [-0.2, 0) is 42.9 Å². The zero-order valence-electron chi connectivity index (χ0n) is 31.9. The minimum absolute atomic E-state index is 0.0403. The van der Waals surface area contributed by atoms with Gasteiger partial charge in [0.15, 0.2) is 6.04 Å². The van der Waals surface area contributed by atoms with E-state index < -0.39 is 70.9 Å². The van der Waals surface area contributed by atoms with Gasteiger partial charge in [-0.05, 0) is 62.3 Å². The number of likely N-dealkylation sites (tertiary alicyclic amines) is 1. The van der Waals surface area contributed by atoms with Crippen molar-refractivity contribution in [3.05, 3.63) is 0 Å². The fraction of sp³-hybridized carbons (Fsp3) is 0.824. The molecule has 0 unspecified atom stereocenters. The van der Waals surface area contributed by atoms with Gasteiger partial charge in [-0.25, -0.2) is 9.59 Å². The van der Waals surface area contributed by atoms with Crippen LogP contribution in [0.3, 0.4) is 0 Å². The Morgan fingerprint density at radius 1 is 0.588 bits per heavy atom. The molecule has 2 fully saturated rings. The van der Waals surface area contributed by atoms with Gasteiger partial charge in [0.25, 0.3) is 0 Å². The predicted molar refractivity (Wildman–Crippen MR) is 184 cm³/mol. The van der Waals surface area contributed by atoms with E-state index in [-0.39, 0.29) is 52.4 Å². The summed E-state index contributed by atoms with van der Waals surface area (Å²) in [4.78, 5) is 83.9. The quantitative estimate of drug-likeness (QED) is 0.252. The van der Waals surface area contributed by atoms with Crippen LogP contribution in [0.25, 0.3) is 0 Å². The number of aliphatic carboxylic acids is 1. The summed E-state index contributed by atoms with van der Waals surface area (Å²) in [5.41, 5.74) is -2.19. The SMILES string of the molecule is CC(=O)O[C@H]1CN(C(=O)O)[C@H](C(=O)O)[C@@H]1N1CCN(CC(=O)OC(C)(C)C)CCN(CC(=O)OC(C)(C)C)CCN(CC(=O)OC(C)(C)C)CC1. The molecule has 2 aliphatic heterocycles. The Hall–Kier alpha value is -3.54. The molecule has 0 aromatic rings. The van der Waals surface area contributed by atoms with Gasteiger partial charge in [-0.1, -0.05) is 0 Å². The summed E-state index contributed by atoms with van der Waals surface area (Å²) < 4.78 is 22.3. The number of esters is 4. The second-order valence-corrected chi connectivity index (χ2v) is 16.0. The van der Waals surface area contributed by atoms with Crippen molar-refractivity contribution in [2.45, 2.75) is 104 Å². The number of hydrogen-bond acceptors (Lipinski definition) is 14. The van der Waals surface area contributed by atoms with Crippen molar-refractivity contribution >= 4 is 35.9 Å². The molecule has 0 bridgehead atoms. The molecular formula is C34H59N5O12. The predicted octanol–water partition coefficient (Wildman–Crippen LogP) is 0.980. The molecule has 0 spiro atoms. The van der Waals surface area contributed by atoms with Crippen molar-refractivity contribution < 1.29 is 57.9 Å². The van der Waals surface area contributed by atoms with Gasteiger partial charge in [-0.3, -0.25) is 43.7 Å². The molecule has 292 valence electrons. The summed E-state index contributed by atoms with van der Waals surface area (Å²) in [5.74, 6) is -3.50. The van der Waals surface area contributed by atoms with Crippen LogP contribution in [0, 0.1) is 0 Å². The fourth-order valence-corrected chi connectivity index (χ4v) is 6.03. The highest BCUT2D eigenvalue weighted by Crippen LogP contribution is 2.27. The highest BCUT2D eigenvalue weighted by atomic mass is 16.6. The second kappa shape index (κ2) is 18.3. The van der Waals surface area contributed by atoms with E-state index in [1.165, 1.54) is 6.92 Å². The van der Waals surface area contributed by atoms with Crippen molar-refractivity contribution in [3.8, 4) is 0 Å². The van der Waals surface area contributed by atoms with Gasteiger partial charge in [0.05, 0.1) is 32.2 Å². The van der Waals surface area contributed by atoms with E-state index >= 15 is 0 Å². The number of carbonyl (C=O) groups is 6. The Balaban J connectivity index is 2.54. The molecule has 0 aromatic carbocycles. The largest absolute Gasteiger partial charge is 0.480 e. The Bertz CT molecular complexity index is 1200. The van der Waals surface area contributed by atoms with Gasteiger partial charge < -0.3 is 29.2 Å². The molecule has 2 N–H and O–H groups in total. The normalized spacial score (nSPS) is 22.7. The maximum Gasteiger partial charge on any atom is 0.408 e. The monoisotopic (exact) mass is 729 g/mol. The molecular weight excluding hydrogens is 670 g/mol. The molecule has 2 rings (SSSR count). The lowest BCUT2D eigenvalue weighted by molar-refractivity contribution is -0.159. The molecule has 2 saturated heterocycles. The Morgan fingerprint density at radius 3 is 1.20 bits per heavy atom. The van der Waals surface area contributed by atoms with Crippen molar-refractivity contribution in [3.63, 3.8) is 0 Å². The zero-order chi connectivity index (χ0) is 38.9. The first-order valence-corrected chi connectivity index (χ1v) is 17.3. The van der Waals surface area contributed by atoms with Crippen molar-refractivity contribution in [2.75, 3.05) is 78.5 Å². The number of carbonyl (C=O) groups excluding carboxylic acids is 4. The third-order valence-corrected chi connectivity index (χ3v) is 7.84. The van der Waals surface area contributed by atoms with E-state index in [4.69, 9.17) is 18.9 Å².